The van der Waals surface area contributed by atoms with Crippen molar-refractivity contribution >= 4 is 11.2 Å². The first kappa shape index (κ1) is 6.34. The Morgan fingerprint density at radius 1 is 1.36 bits per heavy atom. The predicted octanol–water partition coefficient (Wildman–Crippen LogP) is 1.57. The third-order valence-electron chi connectivity index (χ3n) is 1.59. The van der Waals surface area contributed by atoms with E-state index in [2.05, 4.69) is 15.0 Å². The van der Waals surface area contributed by atoms with Gasteiger partial charge in [0.1, 0.15) is 5.52 Å². The van der Waals surface area contributed by atoms with E-state index >= 15 is 0 Å². The standard InChI is InChI=1S/C8H9N3/c1-5-3-7-8(11-5)9-4-6(2)10-7/h3-4H,1-2H3,(H,9,11). The number of aromatic nitrogens is 3. The summed E-state index contributed by atoms with van der Waals surface area (Å²) < 4.78 is 0. The molecule has 56 valence electrons. The van der Waals surface area contributed by atoms with Gasteiger partial charge in [0, 0.05) is 5.69 Å². The summed E-state index contributed by atoms with van der Waals surface area (Å²) in [6.45, 7) is 3.94. The fourth-order valence-corrected chi connectivity index (χ4v) is 1.12. The van der Waals surface area contributed by atoms with Crippen LogP contribution >= 0.6 is 0 Å². The molecule has 0 aromatic carbocycles. The molecule has 0 amide bonds. The molecule has 0 aliphatic rings. The van der Waals surface area contributed by atoms with Crippen LogP contribution in [0.1, 0.15) is 11.4 Å². The molecule has 2 aromatic rings. The van der Waals surface area contributed by atoms with Gasteiger partial charge in [-0.2, -0.15) is 0 Å². The molecule has 3 heteroatoms. The van der Waals surface area contributed by atoms with E-state index < -0.39 is 0 Å². The van der Waals surface area contributed by atoms with E-state index in [0.29, 0.717) is 0 Å². The highest BCUT2D eigenvalue weighted by atomic mass is 14.9. The summed E-state index contributed by atoms with van der Waals surface area (Å²) in [7, 11) is 0. The average molecular weight is 147 g/mol. The van der Waals surface area contributed by atoms with Gasteiger partial charge in [0.25, 0.3) is 0 Å². The van der Waals surface area contributed by atoms with Gasteiger partial charge in [-0.25, -0.2) is 9.97 Å². The molecule has 11 heavy (non-hydrogen) atoms. The van der Waals surface area contributed by atoms with Gasteiger partial charge < -0.3 is 4.98 Å². The zero-order valence-electron chi connectivity index (χ0n) is 6.55. The molecule has 0 fully saturated rings. The lowest BCUT2D eigenvalue weighted by atomic mass is 10.4. The first-order valence-corrected chi connectivity index (χ1v) is 3.55. The van der Waals surface area contributed by atoms with Gasteiger partial charge in [0.2, 0.25) is 0 Å². The van der Waals surface area contributed by atoms with E-state index in [1.54, 1.807) is 6.20 Å². The normalized spacial score (nSPS) is 10.7. The molecule has 3 nitrogen and oxygen atoms in total. The van der Waals surface area contributed by atoms with Crippen LogP contribution in [0, 0.1) is 13.8 Å². The third kappa shape index (κ3) is 0.981. The lowest BCUT2D eigenvalue weighted by molar-refractivity contribution is 1.17. The van der Waals surface area contributed by atoms with E-state index in [0.717, 1.165) is 22.6 Å². The molecule has 0 aliphatic heterocycles. The fourth-order valence-electron chi connectivity index (χ4n) is 1.12. The molecule has 0 unspecified atom stereocenters. The minimum Gasteiger partial charge on any atom is -0.342 e. The van der Waals surface area contributed by atoms with Crippen LogP contribution in [0.2, 0.25) is 0 Å². The van der Waals surface area contributed by atoms with E-state index in [4.69, 9.17) is 0 Å². The maximum absolute atomic E-state index is 4.30. The lowest BCUT2D eigenvalue weighted by Gasteiger charge is -1.88. The molecule has 0 saturated carbocycles. The number of rotatable bonds is 0. The highest BCUT2D eigenvalue weighted by Crippen LogP contribution is 2.09. The van der Waals surface area contributed by atoms with Gasteiger partial charge >= 0.3 is 0 Å². The lowest BCUT2D eigenvalue weighted by Crippen LogP contribution is -1.83. The Labute approximate surface area is 64.5 Å². The van der Waals surface area contributed by atoms with Crippen molar-refractivity contribution < 1.29 is 0 Å². The van der Waals surface area contributed by atoms with E-state index in [1.807, 2.05) is 19.9 Å². The molecule has 2 aromatic heterocycles. The molecule has 0 radical (unpaired) electrons. The minimum absolute atomic E-state index is 0.869. The first-order chi connectivity index (χ1) is 5.25. The number of aromatic amines is 1. The molecule has 0 aliphatic carbocycles. The number of fused-ring (bicyclic) bond motifs is 1. The van der Waals surface area contributed by atoms with Gasteiger partial charge in [-0.15, -0.1) is 0 Å². The monoisotopic (exact) mass is 147 g/mol. The molecule has 2 rings (SSSR count). The van der Waals surface area contributed by atoms with Crippen molar-refractivity contribution in [1.82, 2.24) is 15.0 Å². The first-order valence-electron chi connectivity index (χ1n) is 3.55. The third-order valence-corrected chi connectivity index (χ3v) is 1.59. The second-order valence-electron chi connectivity index (χ2n) is 2.70. The topological polar surface area (TPSA) is 41.6 Å². The number of nitrogens with one attached hydrogen (secondary N) is 1. The van der Waals surface area contributed by atoms with Crippen molar-refractivity contribution in [3.05, 3.63) is 23.7 Å². The molecular weight excluding hydrogens is 138 g/mol. The maximum atomic E-state index is 4.30. The van der Waals surface area contributed by atoms with Gasteiger partial charge in [0.15, 0.2) is 5.65 Å². The van der Waals surface area contributed by atoms with Crippen LogP contribution < -0.4 is 0 Å². The maximum Gasteiger partial charge on any atom is 0.156 e. The van der Waals surface area contributed by atoms with Crippen LogP contribution in [0.25, 0.3) is 11.2 Å². The van der Waals surface area contributed by atoms with Crippen molar-refractivity contribution in [2.75, 3.05) is 0 Å². The molecule has 0 bridgehead atoms. The van der Waals surface area contributed by atoms with Crippen molar-refractivity contribution in [2.24, 2.45) is 0 Å². The second-order valence-corrected chi connectivity index (χ2v) is 2.70. The Hall–Kier alpha value is -1.38. The zero-order valence-corrected chi connectivity index (χ0v) is 6.55. The van der Waals surface area contributed by atoms with E-state index in [-0.39, 0.29) is 0 Å². The number of aryl methyl sites for hydroxylation is 2. The quantitative estimate of drug-likeness (QED) is 0.614. The van der Waals surface area contributed by atoms with Crippen LogP contribution in [0.3, 0.4) is 0 Å². The highest BCUT2D eigenvalue weighted by molar-refractivity contribution is 5.71. The van der Waals surface area contributed by atoms with Crippen LogP contribution in [0.5, 0.6) is 0 Å². The summed E-state index contributed by atoms with van der Waals surface area (Å²) in [4.78, 5) is 11.6. The Morgan fingerprint density at radius 2 is 2.18 bits per heavy atom. The van der Waals surface area contributed by atoms with Crippen molar-refractivity contribution in [2.45, 2.75) is 13.8 Å². The molecule has 0 spiro atoms. The minimum atomic E-state index is 0.869. The SMILES string of the molecule is Cc1cnc2[nH]c(C)cc2n1. The van der Waals surface area contributed by atoms with Gasteiger partial charge in [-0.3, -0.25) is 0 Å². The second kappa shape index (κ2) is 2.05. The zero-order chi connectivity index (χ0) is 7.84. The van der Waals surface area contributed by atoms with Gasteiger partial charge in [0.05, 0.1) is 11.9 Å². The summed E-state index contributed by atoms with van der Waals surface area (Å²) in [5, 5.41) is 0. The Morgan fingerprint density at radius 3 is 3.00 bits per heavy atom. The van der Waals surface area contributed by atoms with Crippen LogP contribution in [-0.2, 0) is 0 Å². The Bertz CT molecular complexity index is 389. The van der Waals surface area contributed by atoms with Crippen molar-refractivity contribution in [1.29, 1.82) is 0 Å². The van der Waals surface area contributed by atoms with Crippen molar-refractivity contribution in [3.8, 4) is 0 Å². The predicted molar refractivity (Wildman–Crippen MR) is 43.4 cm³/mol. The molecular formula is C8H9N3. The summed E-state index contributed by atoms with van der Waals surface area (Å²) in [5.74, 6) is 0. The summed E-state index contributed by atoms with van der Waals surface area (Å²) >= 11 is 0. The molecule has 2 heterocycles. The van der Waals surface area contributed by atoms with Crippen LogP contribution in [0.4, 0.5) is 0 Å². The number of hydrogen-bond acceptors (Lipinski definition) is 2. The summed E-state index contributed by atoms with van der Waals surface area (Å²) in [6, 6.07) is 2.00. The van der Waals surface area contributed by atoms with E-state index in [1.165, 1.54) is 0 Å². The number of hydrogen-bond donors (Lipinski definition) is 1. The Kier molecular flexibility index (Phi) is 1.18. The summed E-state index contributed by atoms with van der Waals surface area (Å²) in [5.41, 5.74) is 3.87. The fraction of sp³-hybridized carbons (Fsp3) is 0.250. The van der Waals surface area contributed by atoms with Crippen LogP contribution in [0.15, 0.2) is 12.3 Å². The van der Waals surface area contributed by atoms with Gasteiger partial charge in [-0.05, 0) is 19.9 Å². The van der Waals surface area contributed by atoms with Crippen LogP contribution in [-0.4, -0.2) is 15.0 Å². The number of nitrogens with zero attached hydrogens (tertiary/aromatic N) is 2. The highest BCUT2D eigenvalue weighted by Gasteiger charge is 1.98. The summed E-state index contributed by atoms with van der Waals surface area (Å²) in [6.07, 6.45) is 1.76. The molecule has 0 saturated heterocycles. The molecule has 0 atom stereocenters. The largest absolute Gasteiger partial charge is 0.342 e. The molecule has 1 N–H and O–H groups in total. The Balaban J connectivity index is 2.82. The average Bonchev–Trinajstić information content (AvgIpc) is 2.27. The van der Waals surface area contributed by atoms with Gasteiger partial charge in [-0.1, -0.05) is 0 Å². The smallest absolute Gasteiger partial charge is 0.156 e. The number of H-pyrrole nitrogens is 1. The van der Waals surface area contributed by atoms with E-state index in [9.17, 15) is 0 Å². The van der Waals surface area contributed by atoms with Crippen molar-refractivity contribution in [3.63, 3.8) is 0 Å².